The highest BCUT2D eigenvalue weighted by Gasteiger charge is 2.23. The molecule has 5 heteroatoms. The van der Waals surface area contributed by atoms with Crippen LogP contribution in [0.1, 0.15) is 28.8 Å². The molecular formula is C24H21N3O2. The SMILES string of the molecule is O=C(O)c1cccc(-n2nc(-c3cccc4ccccc34)c3c2NCCCC3)c1. The number of carboxylic acid groups (broad SMARTS) is 1. The van der Waals surface area contributed by atoms with Crippen LogP contribution in [0, 0.1) is 0 Å². The van der Waals surface area contributed by atoms with E-state index in [2.05, 4.69) is 41.7 Å². The summed E-state index contributed by atoms with van der Waals surface area (Å²) >= 11 is 0. The van der Waals surface area contributed by atoms with Crippen LogP contribution in [0.4, 0.5) is 5.82 Å². The quantitative estimate of drug-likeness (QED) is 0.514. The van der Waals surface area contributed by atoms with Crippen LogP contribution >= 0.6 is 0 Å². The van der Waals surface area contributed by atoms with Gasteiger partial charge in [-0.3, -0.25) is 0 Å². The zero-order chi connectivity index (χ0) is 19.8. The van der Waals surface area contributed by atoms with E-state index in [1.165, 1.54) is 16.3 Å². The van der Waals surface area contributed by atoms with Crippen LogP contribution in [0.5, 0.6) is 0 Å². The van der Waals surface area contributed by atoms with Gasteiger partial charge in [-0.1, -0.05) is 48.5 Å². The highest BCUT2D eigenvalue weighted by atomic mass is 16.4. The average Bonchev–Trinajstić information content (AvgIpc) is 2.94. The van der Waals surface area contributed by atoms with Gasteiger partial charge in [0.15, 0.2) is 0 Å². The van der Waals surface area contributed by atoms with Gasteiger partial charge in [0.05, 0.1) is 16.9 Å². The predicted molar refractivity (Wildman–Crippen MR) is 115 cm³/mol. The van der Waals surface area contributed by atoms with E-state index in [0.717, 1.165) is 48.6 Å². The highest BCUT2D eigenvalue weighted by Crippen LogP contribution is 2.37. The fourth-order valence-corrected chi connectivity index (χ4v) is 4.11. The standard InChI is InChI=1S/C24H21N3O2/c28-24(29)17-9-5-10-18(15-17)27-23-21(12-3-4-14-25-23)22(26-27)20-13-6-8-16-7-1-2-11-19(16)20/h1-2,5-11,13,15,25H,3-4,12,14H2,(H,28,29). The summed E-state index contributed by atoms with van der Waals surface area (Å²) in [4.78, 5) is 11.5. The van der Waals surface area contributed by atoms with E-state index in [0.29, 0.717) is 0 Å². The molecule has 0 unspecified atom stereocenters. The maximum atomic E-state index is 11.5. The van der Waals surface area contributed by atoms with E-state index < -0.39 is 5.97 Å². The number of hydrogen-bond donors (Lipinski definition) is 2. The molecule has 2 N–H and O–H groups in total. The Morgan fingerprint density at radius 1 is 1.00 bits per heavy atom. The molecule has 0 saturated heterocycles. The Kier molecular flexibility index (Phi) is 4.28. The predicted octanol–water partition coefficient (Wildman–Crippen LogP) is 5.14. The molecule has 1 aromatic heterocycles. The van der Waals surface area contributed by atoms with E-state index >= 15 is 0 Å². The lowest BCUT2D eigenvalue weighted by Gasteiger charge is -2.09. The van der Waals surface area contributed by atoms with E-state index in [1.54, 1.807) is 18.2 Å². The first-order chi connectivity index (χ1) is 14.2. The Morgan fingerprint density at radius 2 is 1.83 bits per heavy atom. The third kappa shape index (κ3) is 3.05. The maximum absolute atomic E-state index is 11.5. The van der Waals surface area contributed by atoms with Crippen molar-refractivity contribution >= 4 is 22.6 Å². The average molecular weight is 383 g/mol. The smallest absolute Gasteiger partial charge is 0.335 e. The topological polar surface area (TPSA) is 67.1 Å². The molecular weight excluding hydrogens is 362 g/mol. The van der Waals surface area contributed by atoms with Crippen LogP contribution in [0.15, 0.2) is 66.7 Å². The number of nitrogens with one attached hydrogen (secondary N) is 1. The van der Waals surface area contributed by atoms with Gasteiger partial charge in [0.25, 0.3) is 0 Å². The fraction of sp³-hybridized carbons (Fsp3) is 0.167. The van der Waals surface area contributed by atoms with Gasteiger partial charge in [-0.05, 0) is 48.2 Å². The van der Waals surface area contributed by atoms with Crippen molar-refractivity contribution in [2.75, 3.05) is 11.9 Å². The first-order valence-electron chi connectivity index (χ1n) is 9.90. The minimum atomic E-state index is -0.938. The molecule has 0 fully saturated rings. The third-order valence-corrected chi connectivity index (χ3v) is 5.51. The fourth-order valence-electron chi connectivity index (χ4n) is 4.11. The second-order valence-corrected chi connectivity index (χ2v) is 7.35. The number of carbonyl (C=O) groups is 1. The molecule has 0 spiro atoms. The van der Waals surface area contributed by atoms with E-state index in [4.69, 9.17) is 5.10 Å². The van der Waals surface area contributed by atoms with Crippen LogP contribution in [0.25, 0.3) is 27.7 Å². The Morgan fingerprint density at radius 3 is 2.72 bits per heavy atom. The van der Waals surface area contributed by atoms with Gasteiger partial charge in [0, 0.05) is 17.7 Å². The van der Waals surface area contributed by atoms with Crippen molar-refractivity contribution in [3.05, 3.63) is 77.9 Å². The number of aromatic carboxylic acids is 1. The molecule has 2 heterocycles. The number of anilines is 1. The first-order valence-corrected chi connectivity index (χ1v) is 9.90. The number of nitrogens with zero attached hydrogens (tertiary/aromatic N) is 2. The van der Waals surface area contributed by atoms with Gasteiger partial charge in [-0.2, -0.15) is 5.10 Å². The van der Waals surface area contributed by atoms with E-state index in [-0.39, 0.29) is 5.56 Å². The molecule has 0 bridgehead atoms. The van der Waals surface area contributed by atoms with Crippen molar-refractivity contribution in [3.63, 3.8) is 0 Å². The molecule has 1 aliphatic rings. The Balaban J connectivity index is 1.75. The molecule has 5 nitrogen and oxygen atoms in total. The monoisotopic (exact) mass is 383 g/mol. The van der Waals surface area contributed by atoms with E-state index in [1.807, 2.05) is 16.8 Å². The Labute approximate surface area is 168 Å². The Bertz CT molecular complexity index is 1220. The number of fused-ring (bicyclic) bond motifs is 2. The molecule has 0 aliphatic carbocycles. The maximum Gasteiger partial charge on any atom is 0.335 e. The van der Waals surface area contributed by atoms with Gasteiger partial charge in [-0.25, -0.2) is 9.48 Å². The van der Waals surface area contributed by atoms with Gasteiger partial charge >= 0.3 is 5.97 Å². The molecule has 1 aliphatic heterocycles. The molecule has 4 aromatic rings. The van der Waals surface area contributed by atoms with Gasteiger partial charge < -0.3 is 10.4 Å². The summed E-state index contributed by atoms with van der Waals surface area (Å²) in [5, 5.41) is 20.3. The zero-order valence-electron chi connectivity index (χ0n) is 15.9. The summed E-state index contributed by atoms with van der Waals surface area (Å²) in [5.41, 5.74) is 4.27. The summed E-state index contributed by atoms with van der Waals surface area (Å²) in [6.45, 7) is 0.881. The van der Waals surface area contributed by atoms with Crippen LogP contribution < -0.4 is 5.32 Å². The molecule has 0 amide bonds. The molecule has 5 rings (SSSR count). The van der Waals surface area contributed by atoms with Crippen molar-refractivity contribution in [3.8, 4) is 16.9 Å². The molecule has 0 atom stereocenters. The van der Waals surface area contributed by atoms with Gasteiger partial charge in [-0.15, -0.1) is 0 Å². The molecule has 0 saturated carbocycles. The van der Waals surface area contributed by atoms with Crippen LogP contribution in [-0.4, -0.2) is 27.4 Å². The molecule has 144 valence electrons. The molecule has 3 aromatic carbocycles. The number of carboxylic acids is 1. The van der Waals surface area contributed by atoms with Crippen molar-refractivity contribution < 1.29 is 9.90 Å². The molecule has 0 radical (unpaired) electrons. The lowest BCUT2D eigenvalue weighted by molar-refractivity contribution is 0.0697. The normalized spacial score (nSPS) is 13.5. The minimum absolute atomic E-state index is 0.257. The second kappa shape index (κ2) is 7.09. The lowest BCUT2D eigenvalue weighted by Crippen LogP contribution is -2.08. The number of rotatable bonds is 3. The largest absolute Gasteiger partial charge is 0.478 e. The number of hydrogen-bond acceptors (Lipinski definition) is 3. The molecule has 29 heavy (non-hydrogen) atoms. The van der Waals surface area contributed by atoms with Crippen molar-refractivity contribution in [1.82, 2.24) is 9.78 Å². The zero-order valence-corrected chi connectivity index (χ0v) is 15.9. The minimum Gasteiger partial charge on any atom is -0.478 e. The van der Waals surface area contributed by atoms with Crippen molar-refractivity contribution in [2.45, 2.75) is 19.3 Å². The number of benzene rings is 3. The van der Waals surface area contributed by atoms with Gasteiger partial charge in [0.1, 0.15) is 5.82 Å². The lowest BCUT2D eigenvalue weighted by atomic mass is 9.98. The third-order valence-electron chi connectivity index (χ3n) is 5.51. The summed E-state index contributed by atoms with van der Waals surface area (Å²) in [6, 6.07) is 21.6. The summed E-state index contributed by atoms with van der Waals surface area (Å²) < 4.78 is 1.87. The highest BCUT2D eigenvalue weighted by molar-refractivity contribution is 5.97. The second-order valence-electron chi connectivity index (χ2n) is 7.35. The van der Waals surface area contributed by atoms with Crippen LogP contribution in [0.2, 0.25) is 0 Å². The first kappa shape index (κ1) is 17.5. The summed E-state index contributed by atoms with van der Waals surface area (Å²) in [6.07, 6.45) is 3.14. The van der Waals surface area contributed by atoms with Crippen molar-refractivity contribution in [1.29, 1.82) is 0 Å². The Hall–Kier alpha value is -3.60. The summed E-state index contributed by atoms with van der Waals surface area (Å²) in [7, 11) is 0. The van der Waals surface area contributed by atoms with Crippen LogP contribution in [0.3, 0.4) is 0 Å². The van der Waals surface area contributed by atoms with Gasteiger partial charge in [0.2, 0.25) is 0 Å². The van der Waals surface area contributed by atoms with Crippen molar-refractivity contribution in [2.24, 2.45) is 0 Å². The van der Waals surface area contributed by atoms with E-state index in [9.17, 15) is 9.90 Å². The number of aromatic nitrogens is 2. The summed E-state index contributed by atoms with van der Waals surface area (Å²) in [5.74, 6) is 0.0281. The van der Waals surface area contributed by atoms with Crippen LogP contribution in [-0.2, 0) is 6.42 Å².